The van der Waals surface area contributed by atoms with Gasteiger partial charge in [0, 0.05) is 23.4 Å². The smallest absolute Gasteiger partial charge is 0.170 e. The second-order valence-corrected chi connectivity index (χ2v) is 5.29. The minimum atomic E-state index is -1.12. The molecule has 3 rings (SSSR count). The number of ketones is 1. The van der Waals surface area contributed by atoms with Crippen LogP contribution in [0, 0.1) is 11.6 Å². The lowest BCUT2D eigenvalue weighted by Gasteiger charge is -2.09. The Hall–Kier alpha value is -1.94. The highest BCUT2D eigenvalue weighted by atomic mass is 35.5. The standard InChI is InChI=1S/C16H11ClF2O2/c17-11-6-9-4-5-21-16(9)10(7-11)8-14(20)12-2-1-3-13(18)15(12)19/h1-3,6-7H,4-5,8H2. The number of Topliss-reactive ketones (excluding diaryl/α,β-unsaturated/α-hetero) is 1. The van der Waals surface area contributed by atoms with Crippen LogP contribution in [-0.2, 0) is 12.8 Å². The van der Waals surface area contributed by atoms with Gasteiger partial charge in [0.2, 0.25) is 0 Å². The molecule has 2 aromatic carbocycles. The lowest BCUT2D eigenvalue weighted by molar-refractivity contribution is 0.0987. The number of hydrogen-bond donors (Lipinski definition) is 0. The average molecular weight is 309 g/mol. The van der Waals surface area contributed by atoms with Crippen LogP contribution in [0.5, 0.6) is 5.75 Å². The van der Waals surface area contributed by atoms with Crippen LogP contribution < -0.4 is 4.74 Å². The van der Waals surface area contributed by atoms with E-state index in [1.54, 1.807) is 12.1 Å². The maximum Gasteiger partial charge on any atom is 0.170 e. The minimum Gasteiger partial charge on any atom is -0.493 e. The first kappa shape index (κ1) is 14.0. The summed E-state index contributed by atoms with van der Waals surface area (Å²) >= 11 is 6.01. The van der Waals surface area contributed by atoms with Crippen LogP contribution in [0.3, 0.4) is 0 Å². The Labute approximate surface area is 125 Å². The summed E-state index contributed by atoms with van der Waals surface area (Å²) in [6.07, 6.45) is 0.647. The molecule has 0 saturated heterocycles. The summed E-state index contributed by atoms with van der Waals surface area (Å²) in [5.74, 6) is -2.04. The van der Waals surface area contributed by atoms with Crippen LogP contribution in [-0.4, -0.2) is 12.4 Å². The molecule has 0 amide bonds. The molecule has 0 aromatic heterocycles. The number of rotatable bonds is 3. The zero-order chi connectivity index (χ0) is 15.0. The van der Waals surface area contributed by atoms with E-state index in [-0.39, 0.29) is 12.0 Å². The van der Waals surface area contributed by atoms with E-state index in [1.807, 2.05) is 0 Å². The van der Waals surface area contributed by atoms with Gasteiger partial charge in [0.1, 0.15) is 5.75 Å². The summed E-state index contributed by atoms with van der Waals surface area (Å²) in [6.45, 7) is 0.533. The second kappa shape index (κ2) is 5.45. The number of carbonyl (C=O) groups is 1. The summed E-state index contributed by atoms with van der Waals surface area (Å²) in [6, 6.07) is 6.98. The third kappa shape index (κ3) is 2.63. The Bertz CT molecular complexity index is 728. The predicted molar refractivity (Wildman–Crippen MR) is 75.0 cm³/mol. The molecule has 2 nitrogen and oxygen atoms in total. The van der Waals surface area contributed by atoms with Gasteiger partial charge in [-0.05, 0) is 29.8 Å². The monoisotopic (exact) mass is 308 g/mol. The zero-order valence-electron chi connectivity index (χ0n) is 11.0. The van der Waals surface area contributed by atoms with Crippen LogP contribution in [0.25, 0.3) is 0 Å². The molecule has 0 atom stereocenters. The molecule has 0 fully saturated rings. The molecule has 0 saturated carbocycles. The Morgan fingerprint density at radius 2 is 2.10 bits per heavy atom. The molecule has 1 heterocycles. The fraction of sp³-hybridized carbons (Fsp3) is 0.188. The van der Waals surface area contributed by atoms with Gasteiger partial charge in [0.25, 0.3) is 0 Å². The van der Waals surface area contributed by atoms with Gasteiger partial charge in [0.05, 0.1) is 12.2 Å². The highest BCUT2D eigenvalue weighted by molar-refractivity contribution is 6.30. The molecule has 0 N–H and O–H groups in total. The van der Waals surface area contributed by atoms with Crippen molar-refractivity contribution in [2.45, 2.75) is 12.8 Å². The molecule has 1 aliphatic rings. The Morgan fingerprint density at radius 3 is 2.90 bits per heavy atom. The van der Waals surface area contributed by atoms with Gasteiger partial charge < -0.3 is 4.74 Å². The quantitative estimate of drug-likeness (QED) is 0.802. The highest BCUT2D eigenvalue weighted by Crippen LogP contribution is 2.33. The summed E-state index contributed by atoms with van der Waals surface area (Å²) in [7, 11) is 0. The molecule has 0 unspecified atom stereocenters. The first-order valence-corrected chi connectivity index (χ1v) is 6.85. The van der Waals surface area contributed by atoms with Crippen molar-refractivity contribution in [2.75, 3.05) is 6.61 Å². The fourth-order valence-corrected chi connectivity index (χ4v) is 2.73. The van der Waals surface area contributed by atoms with Crippen LogP contribution in [0.1, 0.15) is 21.5 Å². The number of carbonyl (C=O) groups excluding carboxylic acids is 1. The third-order valence-electron chi connectivity index (χ3n) is 3.43. The molecule has 21 heavy (non-hydrogen) atoms. The molecule has 108 valence electrons. The van der Waals surface area contributed by atoms with Crippen molar-refractivity contribution in [3.63, 3.8) is 0 Å². The van der Waals surface area contributed by atoms with E-state index in [4.69, 9.17) is 16.3 Å². The maximum absolute atomic E-state index is 13.7. The van der Waals surface area contributed by atoms with E-state index in [0.717, 1.165) is 18.1 Å². The number of ether oxygens (including phenoxy) is 1. The van der Waals surface area contributed by atoms with Crippen molar-refractivity contribution in [3.05, 3.63) is 63.7 Å². The van der Waals surface area contributed by atoms with E-state index in [0.29, 0.717) is 22.9 Å². The molecule has 5 heteroatoms. The van der Waals surface area contributed by atoms with Crippen molar-refractivity contribution >= 4 is 17.4 Å². The van der Waals surface area contributed by atoms with Crippen molar-refractivity contribution in [1.82, 2.24) is 0 Å². The molecule has 0 radical (unpaired) electrons. The van der Waals surface area contributed by atoms with Crippen molar-refractivity contribution in [3.8, 4) is 5.75 Å². The SMILES string of the molecule is O=C(Cc1cc(Cl)cc2c1OCC2)c1cccc(F)c1F. The van der Waals surface area contributed by atoms with Crippen molar-refractivity contribution in [1.29, 1.82) is 0 Å². The minimum absolute atomic E-state index is 0.0801. The average Bonchev–Trinajstić information content (AvgIpc) is 2.90. The third-order valence-corrected chi connectivity index (χ3v) is 3.65. The number of benzene rings is 2. The fourth-order valence-electron chi connectivity index (χ4n) is 2.46. The van der Waals surface area contributed by atoms with E-state index < -0.39 is 17.4 Å². The van der Waals surface area contributed by atoms with Crippen LogP contribution >= 0.6 is 11.6 Å². The summed E-state index contributed by atoms with van der Waals surface area (Å²) in [5.41, 5.74) is 1.27. The van der Waals surface area contributed by atoms with Gasteiger partial charge in [0.15, 0.2) is 17.4 Å². The van der Waals surface area contributed by atoms with Crippen LogP contribution in [0.2, 0.25) is 5.02 Å². The summed E-state index contributed by atoms with van der Waals surface area (Å²) in [5, 5.41) is 0.502. The van der Waals surface area contributed by atoms with E-state index in [9.17, 15) is 13.6 Å². The van der Waals surface area contributed by atoms with Crippen LogP contribution in [0.4, 0.5) is 8.78 Å². The van der Waals surface area contributed by atoms with E-state index in [2.05, 4.69) is 0 Å². The van der Waals surface area contributed by atoms with Crippen LogP contribution in [0.15, 0.2) is 30.3 Å². The Morgan fingerprint density at radius 1 is 1.29 bits per heavy atom. The number of halogens is 3. The lowest BCUT2D eigenvalue weighted by Crippen LogP contribution is -2.08. The maximum atomic E-state index is 13.7. The normalized spacial score (nSPS) is 12.9. The summed E-state index contributed by atoms with van der Waals surface area (Å²) < 4.78 is 32.3. The van der Waals surface area contributed by atoms with Gasteiger partial charge in [-0.1, -0.05) is 17.7 Å². The first-order chi connectivity index (χ1) is 10.1. The largest absolute Gasteiger partial charge is 0.493 e. The van der Waals surface area contributed by atoms with Crippen molar-refractivity contribution in [2.24, 2.45) is 0 Å². The first-order valence-electron chi connectivity index (χ1n) is 6.47. The number of hydrogen-bond acceptors (Lipinski definition) is 2. The topological polar surface area (TPSA) is 26.3 Å². The Balaban J connectivity index is 1.94. The molecule has 0 spiro atoms. The second-order valence-electron chi connectivity index (χ2n) is 4.85. The number of fused-ring (bicyclic) bond motifs is 1. The molecule has 1 aliphatic heterocycles. The lowest BCUT2D eigenvalue weighted by atomic mass is 9.99. The van der Waals surface area contributed by atoms with Gasteiger partial charge in [-0.3, -0.25) is 4.79 Å². The van der Waals surface area contributed by atoms with E-state index >= 15 is 0 Å². The Kier molecular flexibility index (Phi) is 3.64. The predicted octanol–water partition coefficient (Wildman–Crippen LogP) is 3.98. The molecular formula is C16H11ClF2O2. The molecule has 0 bridgehead atoms. The van der Waals surface area contributed by atoms with Crippen molar-refractivity contribution < 1.29 is 18.3 Å². The van der Waals surface area contributed by atoms with E-state index in [1.165, 1.54) is 12.1 Å². The van der Waals surface area contributed by atoms with Gasteiger partial charge in [-0.25, -0.2) is 8.78 Å². The molecule has 2 aromatic rings. The highest BCUT2D eigenvalue weighted by Gasteiger charge is 2.21. The van der Waals surface area contributed by atoms with Gasteiger partial charge in [-0.2, -0.15) is 0 Å². The molecule has 0 aliphatic carbocycles. The summed E-state index contributed by atoms with van der Waals surface area (Å²) in [4.78, 5) is 12.2. The van der Waals surface area contributed by atoms with Gasteiger partial charge in [-0.15, -0.1) is 0 Å². The molecular weight excluding hydrogens is 298 g/mol. The zero-order valence-corrected chi connectivity index (χ0v) is 11.7. The van der Waals surface area contributed by atoms with Gasteiger partial charge >= 0.3 is 0 Å².